The molecule has 5 rings (SSSR count). The van der Waals surface area contributed by atoms with E-state index in [9.17, 15) is 18.4 Å². The first kappa shape index (κ1) is 28.6. The van der Waals surface area contributed by atoms with Crippen LogP contribution in [-0.4, -0.2) is 65.1 Å². The van der Waals surface area contributed by atoms with E-state index in [0.717, 1.165) is 17.8 Å². The van der Waals surface area contributed by atoms with Gasteiger partial charge in [0, 0.05) is 49.4 Å². The summed E-state index contributed by atoms with van der Waals surface area (Å²) >= 11 is 0. The van der Waals surface area contributed by atoms with E-state index in [-0.39, 0.29) is 23.2 Å². The molecule has 1 aliphatic heterocycles. The third-order valence-electron chi connectivity index (χ3n) is 6.48. The van der Waals surface area contributed by atoms with Crippen LogP contribution in [0.3, 0.4) is 0 Å². The Balaban J connectivity index is 1.40. The van der Waals surface area contributed by atoms with Crippen LogP contribution in [0, 0.1) is 11.6 Å². The Morgan fingerprint density at radius 1 is 1.05 bits per heavy atom. The number of benzene rings is 2. The first-order chi connectivity index (χ1) is 20.0. The average molecular weight is 581 g/mol. The van der Waals surface area contributed by atoms with Crippen molar-refractivity contribution in [1.82, 2.24) is 20.1 Å². The number of aromatic amines is 1. The van der Waals surface area contributed by atoms with Crippen molar-refractivity contribution in [3.63, 3.8) is 0 Å². The summed E-state index contributed by atoms with van der Waals surface area (Å²) in [4.78, 5) is 33.3. The smallest absolute Gasteiger partial charge is 0.410 e. The van der Waals surface area contributed by atoms with Gasteiger partial charge in [0.25, 0.3) is 5.56 Å². The maximum absolute atomic E-state index is 14.3. The summed E-state index contributed by atoms with van der Waals surface area (Å²) < 4.78 is 45.1. The minimum absolute atomic E-state index is 0.0694. The van der Waals surface area contributed by atoms with Crippen LogP contribution in [0.5, 0.6) is 17.4 Å². The number of methoxy groups -OCH3 is 1. The summed E-state index contributed by atoms with van der Waals surface area (Å²) in [6.07, 6.45) is 1.04. The summed E-state index contributed by atoms with van der Waals surface area (Å²) in [5.41, 5.74) is 0.261. The number of ether oxygens (including phenoxy) is 3. The normalized spacial score (nSPS) is 13.7. The van der Waals surface area contributed by atoms with Crippen LogP contribution < -0.4 is 25.2 Å². The Hall–Kier alpha value is -4.94. The molecular formula is C29H30F2N6O5. The molecule has 0 atom stereocenters. The minimum atomic E-state index is -0.903. The van der Waals surface area contributed by atoms with Crippen LogP contribution in [0.2, 0.25) is 0 Å². The highest BCUT2D eigenvalue weighted by Gasteiger charge is 2.26. The highest BCUT2D eigenvalue weighted by atomic mass is 19.1. The van der Waals surface area contributed by atoms with Gasteiger partial charge in [-0.3, -0.25) is 4.79 Å². The number of carbonyl (C=O) groups is 1. The van der Waals surface area contributed by atoms with Crippen molar-refractivity contribution in [1.29, 1.82) is 0 Å². The van der Waals surface area contributed by atoms with Gasteiger partial charge in [-0.15, -0.1) is 0 Å². The molecule has 0 saturated carbocycles. The van der Waals surface area contributed by atoms with Crippen molar-refractivity contribution >= 4 is 34.1 Å². The second kappa shape index (κ2) is 11.5. The van der Waals surface area contributed by atoms with Crippen molar-refractivity contribution in [2.75, 3.05) is 43.5 Å². The molecule has 1 fully saturated rings. The van der Waals surface area contributed by atoms with Crippen molar-refractivity contribution in [3.05, 3.63) is 70.6 Å². The van der Waals surface area contributed by atoms with Crippen molar-refractivity contribution in [2.24, 2.45) is 0 Å². The molecular weight excluding hydrogens is 550 g/mol. The lowest BCUT2D eigenvalue weighted by molar-refractivity contribution is 0.0240. The fourth-order valence-electron chi connectivity index (χ4n) is 4.51. The molecule has 3 heterocycles. The number of carbonyl (C=O) groups excluding carboxylic acids is 1. The minimum Gasteiger partial charge on any atom is -0.494 e. The van der Waals surface area contributed by atoms with Gasteiger partial charge in [0.1, 0.15) is 17.2 Å². The highest BCUT2D eigenvalue weighted by molar-refractivity contribution is 5.93. The van der Waals surface area contributed by atoms with Gasteiger partial charge in [-0.1, -0.05) is 6.07 Å². The van der Waals surface area contributed by atoms with Crippen molar-refractivity contribution < 1.29 is 27.8 Å². The summed E-state index contributed by atoms with van der Waals surface area (Å²) in [7, 11) is 1.51. The Kier molecular flexibility index (Phi) is 7.83. The predicted molar refractivity (Wildman–Crippen MR) is 153 cm³/mol. The molecule has 0 unspecified atom stereocenters. The fourth-order valence-corrected chi connectivity index (χ4v) is 4.51. The number of piperazine rings is 1. The van der Waals surface area contributed by atoms with E-state index in [1.165, 1.54) is 25.4 Å². The molecule has 0 radical (unpaired) electrons. The number of anilines is 3. The zero-order chi connectivity index (χ0) is 30.0. The van der Waals surface area contributed by atoms with Crippen molar-refractivity contribution in [3.8, 4) is 17.4 Å². The summed E-state index contributed by atoms with van der Waals surface area (Å²) in [5.74, 6) is -2.06. The van der Waals surface area contributed by atoms with Gasteiger partial charge in [-0.25, -0.2) is 18.7 Å². The number of para-hydroxylation sites is 1. The number of halogens is 2. The number of nitrogens with zero attached hydrogens (tertiary/aromatic N) is 4. The summed E-state index contributed by atoms with van der Waals surface area (Å²) in [6.45, 7) is 7.69. The molecule has 2 N–H and O–H groups in total. The number of pyridine rings is 1. The second-order valence-corrected chi connectivity index (χ2v) is 10.6. The van der Waals surface area contributed by atoms with E-state index in [4.69, 9.17) is 14.2 Å². The lowest BCUT2D eigenvalue weighted by atomic mass is 10.2. The van der Waals surface area contributed by atoms with E-state index in [2.05, 4.69) is 25.4 Å². The Labute approximate surface area is 240 Å². The van der Waals surface area contributed by atoms with Gasteiger partial charge in [0.05, 0.1) is 24.4 Å². The molecule has 0 bridgehead atoms. The zero-order valence-electron chi connectivity index (χ0n) is 23.5. The van der Waals surface area contributed by atoms with Crippen LogP contribution in [0.15, 0.2) is 53.5 Å². The highest BCUT2D eigenvalue weighted by Crippen LogP contribution is 2.35. The molecule has 1 amide bonds. The van der Waals surface area contributed by atoms with Gasteiger partial charge < -0.3 is 29.3 Å². The molecule has 0 aliphatic carbocycles. The third kappa shape index (κ3) is 6.19. The second-order valence-electron chi connectivity index (χ2n) is 10.6. The van der Waals surface area contributed by atoms with Gasteiger partial charge in [0.2, 0.25) is 11.6 Å². The van der Waals surface area contributed by atoms with Crippen LogP contribution >= 0.6 is 0 Å². The molecule has 0 spiro atoms. The van der Waals surface area contributed by atoms with Crippen LogP contribution in [0.4, 0.5) is 30.8 Å². The Bertz CT molecular complexity index is 1660. The largest absolute Gasteiger partial charge is 0.494 e. The molecule has 1 saturated heterocycles. The number of hydrogen-bond acceptors (Lipinski definition) is 9. The number of H-pyrrole nitrogens is 1. The van der Waals surface area contributed by atoms with Gasteiger partial charge in [-0.05, 0) is 45.0 Å². The van der Waals surface area contributed by atoms with Crippen LogP contribution in [-0.2, 0) is 4.74 Å². The number of amides is 1. The third-order valence-corrected chi connectivity index (χ3v) is 6.48. The maximum atomic E-state index is 14.3. The Morgan fingerprint density at radius 3 is 2.43 bits per heavy atom. The number of hydrogen-bond donors (Lipinski definition) is 2. The van der Waals surface area contributed by atoms with E-state index in [1.54, 1.807) is 11.0 Å². The van der Waals surface area contributed by atoms with Gasteiger partial charge in [-0.2, -0.15) is 10.1 Å². The van der Waals surface area contributed by atoms with Crippen LogP contribution in [0.1, 0.15) is 20.8 Å². The molecule has 42 heavy (non-hydrogen) atoms. The topological polar surface area (TPSA) is 122 Å². The SMILES string of the molecule is COc1cc(N2CCN(C(=O)OC(C)(C)C)CC2)ccc1Nc1nc(Oc2c(F)cccc2F)cc2cn[nH]c(=O)c12. The lowest BCUT2D eigenvalue weighted by Gasteiger charge is -2.37. The molecule has 2 aromatic heterocycles. The first-order valence-electron chi connectivity index (χ1n) is 13.2. The van der Waals surface area contributed by atoms with E-state index in [1.807, 2.05) is 32.9 Å². The molecule has 4 aromatic rings. The number of fused-ring (bicyclic) bond motifs is 1. The maximum Gasteiger partial charge on any atom is 0.410 e. The molecule has 13 heteroatoms. The quantitative estimate of drug-likeness (QED) is 0.317. The van der Waals surface area contributed by atoms with E-state index in [0.29, 0.717) is 43.0 Å². The average Bonchev–Trinajstić information content (AvgIpc) is 2.94. The molecule has 2 aromatic carbocycles. The fraction of sp³-hybridized carbons (Fsp3) is 0.310. The standard InChI is InChI=1S/C29H30F2N6O5/c1-29(2,3)42-28(39)37-12-10-36(11-13-37)18-8-9-21(22(15-18)40-4)33-26-24-17(16-32-35-27(24)38)14-23(34-26)41-25-19(30)6-5-7-20(25)31/h5-9,14-16H,10-13H2,1-4H3,(H,33,34)(H,35,38). The summed E-state index contributed by atoms with van der Waals surface area (Å²) in [6, 6.07) is 10.2. The first-order valence-corrected chi connectivity index (χ1v) is 13.2. The van der Waals surface area contributed by atoms with E-state index < -0.39 is 28.5 Å². The molecule has 1 aliphatic rings. The zero-order valence-corrected chi connectivity index (χ0v) is 23.5. The molecule has 11 nitrogen and oxygen atoms in total. The van der Waals surface area contributed by atoms with Gasteiger partial charge in [0.15, 0.2) is 11.6 Å². The molecule has 220 valence electrons. The Morgan fingerprint density at radius 2 is 1.76 bits per heavy atom. The number of aromatic nitrogens is 3. The lowest BCUT2D eigenvalue weighted by Crippen LogP contribution is -2.50. The van der Waals surface area contributed by atoms with Gasteiger partial charge >= 0.3 is 6.09 Å². The van der Waals surface area contributed by atoms with Crippen LogP contribution in [0.25, 0.3) is 10.8 Å². The summed E-state index contributed by atoms with van der Waals surface area (Å²) in [5, 5.41) is 9.78. The monoisotopic (exact) mass is 580 g/mol. The number of rotatable bonds is 6. The van der Waals surface area contributed by atoms with Crippen molar-refractivity contribution in [2.45, 2.75) is 26.4 Å². The van der Waals surface area contributed by atoms with E-state index >= 15 is 0 Å². The predicted octanol–water partition coefficient (Wildman–Crippen LogP) is 5.20. The number of nitrogens with one attached hydrogen (secondary N) is 2.